The Balaban J connectivity index is 3.11. The molecule has 0 aliphatic rings. The first kappa shape index (κ1) is 12.5. The van der Waals surface area contributed by atoms with Gasteiger partial charge >= 0.3 is 0 Å². The topological polar surface area (TPSA) is 23.8 Å². The number of allylic oxidation sites excluding steroid dienone is 1. The minimum absolute atomic E-state index is 0.305. The molecule has 0 amide bonds. The van der Waals surface area contributed by atoms with Crippen LogP contribution >= 0.6 is 0 Å². The maximum Gasteiger partial charge on any atom is 0.0991 e. The second-order valence-corrected chi connectivity index (χ2v) is 4.70. The molecule has 0 fully saturated rings. The second-order valence-electron chi connectivity index (χ2n) is 4.70. The molecule has 16 heavy (non-hydrogen) atoms. The van der Waals surface area contributed by atoms with Crippen LogP contribution in [0.3, 0.4) is 0 Å². The Morgan fingerprint density at radius 3 is 2.50 bits per heavy atom. The summed E-state index contributed by atoms with van der Waals surface area (Å²) in [6, 6.07) is 8.35. The highest BCUT2D eigenvalue weighted by Crippen LogP contribution is 2.21. The summed E-state index contributed by atoms with van der Waals surface area (Å²) in [7, 11) is 0. The lowest BCUT2D eigenvalue weighted by molar-refractivity contribution is 0.646. The van der Waals surface area contributed by atoms with E-state index in [1.807, 2.05) is 18.2 Å². The molecule has 0 aromatic heterocycles. The monoisotopic (exact) mass is 213 g/mol. The van der Waals surface area contributed by atoms with Crippen molar-refractivity contribution in [1.82, 2.24) is 0 Å². The number of rotatable bonds is 4. The van der Waals surface area contributed by atoms with Gasteiger partial charge in [-0.05, 0) is 41.5 Å². The number of nitriles is 1. The van der Waals surface area contributed by atoms with Crippen molar-refractivity contribution in [2.45, 2.75) is 33.1 Å². The minimum atomic E-state index is 0.305. The molecule has 84 valence electrons. The van der Waals surface area contributed by atoms with Crippen LogP contribution in [0.1, 0.15) is 43.4 Å². The van der Waals surface area contributed by atoms with Crippen molar-refractivity contribution in [3.8, 4) is 6.07 Å². The molecule has 1 aromatic rings. The SMILES string of the molecule is C=CC(C)c1cc(C#N)cc(CC(C)C)c1. The zero-order valence-electron chi connectivity index (χ0n) is 10.3. The van der Waals surface area contributed by atoms with Gasteiger partial charge in [0.1, 0.15) is 0 Å². The standard InChI is InChI=1S/C15H19N/c1-5-12(4)15-8-13(6-11(2)3)7-14(9-15)10-16/h5,7-9,11-12H,1,6H2,2-4H3. The van der Waals surface area contributed by atoms with E-state index in [-0.39, 0.29) is 0 Å². The molecule has 0 bridgehead atoms. The van der Waals surface area contributed by atoms with Crippen LogP contribution in [-0.2, 0) is 6.42 Å². The predicted octanol–water partition coefficient (Wildman–Crippen LogP) is 4.05. The Hall–Kier alpha value is -1.55. The van der Waals surface area contributed by atoms with Gasteiger partial charge in [0.05, 0.1) is 11.6 Å². The molecule has 0 saturated heterocycles. The van der Waals surface area contributed by atoms with E-state index in [9.17, 15) is 0 Å². The molecule has 0 saturated carbocycles. The third-order valence-corrected chi connectivity index (χ3v) is 2.67. The van der Waals surface area contributed by atoms with E-state index in [1.165, 1.54) is 11.1 Å². The molecule has 0 radical (unpaired) electrons. The molecule has 1 nitrogen and oxygen atoms in total. The number of benzene rings is 1. The van der Waals surface area contributed by atoms with Gasteiger partial charge in [0.15, 0.2) is 0 Å². The van der Waals surface area contributed by atoms with Gasteiger partial charge < -0.3 is 0 Å². The third-order valence-electron chi connectivity index (χ3n) is 2.67. The molecule has 0 aliphatic heterocycles. The summed E-state index contributed by atoms with van der Waals surface area (Å²) in [4.78, 5) is 0. The maximum absolute atomic E-state index is 9.00. The highest BCUT2D eigenvalue weighted by atomic mass is 14.2. The van der Waals surface area contributed by atoms with Gasteiger partial charge in [-0.2, -0.15) is 5.26 Å². The van der Waals surface area contributed by atoms with Crippen molar-refractivity contribution < 1.29 is 0 Å². The second kappa shape index (κ2) is 5.51. The van der Waals surface area contributed by atoms with Crippen molar-refractivity contribution in [2.24, 2.45) is 5.92 Å². The molecule has 0 spiro atoms. The van der Waals surface area contributed by atoms with E-state index in [0.717, 1.165) is 12.0 Å². The average molecular weight is 213 g/mol. The highest BCUT2D eigenvalue weighted by molar-refractivity contribution is 5.39. The molecule has 1 rings (SSSR count). The van der Waals surface area contributed by atoms with Gasteiger partial charge in [-0.15, -0.1) is 6.58 Å². The van der Waals surface area contributed by atoms with Crippen molar-refractivity contribution in [2.75, 3.05) is 0 Å². The fourth-order valence-corrected chi connectivity index (χ4v) is 1.77. The molecule has 1 atom stereocenters. The van der Waals surface area contributed by atoms with Crippen LogP contribution in [0, 0.1) is 17.2 Å². The van der Waals surface area contributed by atoms with E-state index < -0.39 is 0 Å². The van der Waals surface area contributed by atoms with Crippen molar-refractivity contribution in [3.63, 3.8) is 0 Å². The van der Waals surface area contributed by atoms with Crippen molar-refractivity contribution >= 4 is 0 Å². The number of hydrogen-bond donors (Lipinski definition) is 0. The van der Waals surface area contributed by atoms with Gasteiger partial charge in [-0.3, -0.25) is 0 Å². The fourth-order valence-electron chi connectivity index (χ4n) is 1.77. The van der Waals surface area contributed by atoms with Crippen molar-refractivity contribution in [3.05, 3.63) is 47.5 Å². The Labute approximate surface area is 98.4 Å². The number of hydrogen-bond acceptors (Lipinski definition) is 1. The lowest BCUT2D eigenvalue weighted by Crippen LogP contribution is -1.98. The number of nitrogens with zero attached hydrogens (tertiary/aromatic N) is 1. The zero-order valence-corrected chi connectivity index (χ0v) is 10.3. The molecule has 0 N–H and O–H groups in total. The summed E-state index contributed by atoms with van der Waals surface area (Å²) >= 11 is 0. The first-order chi connectivity index (χ1) is 7.56. The highest BCUT2D eigenvalue weighted by Gasteiger charge is 2.06. The summed E-state index contributed by atoms with van der Waals surface area (Å²) in [6.07, 6.45) is 2.93. The first-order valence-corrected chi connectivity index (χ1v) is 5.73. The first-order valence-electron chi connectivity index (χ1n) is 5.73. The lowest BCUT2D eigenvalue weighted by atomic mass is 9.93. The molecule has 0 aliphatic carbocycles. The molecule has 0 heterocycles. The maximum atomic E-state index is 9.00. The molecular weight excluding hydrogens is 194 g/mol. The van der Waals surface area contributed by atoms with Gasteiger partial charge in [0, 0.05) is 0 Å². The molecule has 1 unspecified atom stereocenters. The van der Waals surface area contributed by atoms with Crippen LogP contribution < -0.4 is 0 Å². The van der Waals surface area contributed by atoms with E-state index >= 15 is 0 Å². The van der Waals surface area contributed by atoms with Crippen molar-refractivity contribution in [1.29, 1.82) is 5.26 Å². The van der Waals surface area contributed by atoms with E-state index in [2.05, 4.69) is 39.5 Å². The fraction of sp³-hybridized carbons (Fsp3) is 0.400. The average Bonchev–Trinajstić information content (AvgIpc) is 2.26. The smallest absolute Gasteiger partial charge is 0.0991 e. The van der Waals surface area contributed by atoms with Crippen LogP contribution in [0.25, 0.3) is 0 Å². The van der Waals surface area contributed by atoms with Crippen LogP contribution in [0.5, 0.6) is 0 Å². The van der Waals surface area contributed by atoms with Crippen LogP contribution in [-0.4, -0.2) is 0 Å². The Morgan fingerprint density at radius 1 is 1.31 bits per heavy atom. The molecular formula is C15H19N. The zero-order chi connectivity index (χ0) is 12.1. The summed E-state index contributed by atoms with van der Waals surface area (Å²) in [5, 5.41) is 9.00. The summed E-state index contributed by atoms with van der Waals surface area (Å²) in [5.41, 5.74) is 3.18. The Kier molecular flexibility index (Phi) is 4.31. The normalized spacial score (nSPS) is 12.2. The molecule has 1 aromatic carbocycles. The van der Waals surface area contributed by atoms with Gasteiger partial charge in [0.25, 0.3) is 0 Å². The summed E-state index contributed by atoms with van der Waals surface area (Å²) in [6.45, 7) is 10.3. The van der Waals surface area contributed by atoms with E-state index in [0.29, 0.717) is 11.8 Å². The van der Waals surface area contributed by atoms with Gasteiger partial charge in [-0.1, -0.05) is 32.9 Å². The van der Waals surface area contributed by atoms with Crippen LogP contribution in [0.4, 0.5) is 0 Å². The lowest BCUT2D eigenvalue weighted by Gasteiger charge is -2.11. The Bertz CT molecular complexity index is 410. The van der Waals surface area contributed by atoms with Gasteiger partial charge in [0.2, 0.25) is 0 Å². The van der Waals surface area contributed by atoms with E-state index in [1.54, 1.807) is 0 Å². The summed E-state index contributed by atoms with van der Waals surface area (Å²) in [5.74, 6) is 0.917. The summed E-state index contributed by atoms with van der Waals surface area (Å²) < 4.78 is 0. The van der Waals surface area contributed by atoms with Crippen LogP contribution in [0.15, 0.2) is 30.9 Å². The molecule has 1 heteroatoms. The Morgan fingerprint density at radius 2 is 2.00 bits per heavy atom. The quantitative estimate of drug-likeness (QED) is 0.692. The largest absolute Gasteiger partial charge is 0.192 e. The predicted molar refractivity (Wildman–Crippen MR) is 68.3 cm³/mol. The minimum Gasteiger partial charge on any atom is -0.192 e. The third kappa shape index (κ3) is 3.24. The van der Waals surface area contributed by atoms with E-state index in [4.69, 9.17) is 5.26 Å². The van der Waals surface area contributed by atoms with Crippen LogP contribution in [0.2, 0.25) is 0 Å². The van der Waals surface area contributed by atoms with Gasteiger partial charge in [-0.25, -0.2) is 0 Å².